The molecule has 1 N–H and O–H groups in total. The van der Waals surface area contributed by atoms with E-state index in [4.69, 9.17) is 0 Å². The Hall–Kier alpha value is -2.08. The summed E-state index contributed by atoms with van der Waals surface area (Å²) < 4.78 is 26.9. The van der Waals surface area contributed by atoms with E-state index in [1.807, 2.05) is 19.9 Å². The summed E-state index contributed by atoms with van der Waals surface area (Å²) in [5, 5.41) is 2.78. The first-order valence-electron chi connectivity index (χ1n) is 9.64. The predicted octanol–water partition coefficient (Wildman–Crippen LogP) is 3.81. The van der Waals surface area contributed by atoms with Gasteiger partial charge in [-0.1, -0.05) is 37.5 Å². The van der Waals surface area contributed by atoms with Gasteiger partial charge in [-0.25, -0.2) is 8.42 Å². The summed E-state index contributed by atoms with van der Waals surface area (Å²) in [4.78, 5) is 12.9. The molecule has 1 fully saturated rings. The van der Waals surface area contributed by atoms with Crippen molar-refractivity contribution in [3.05, 3.63) is 53.3 Å². The van der Waals surface area contributed by atoms with Gasteiger partial charge < -0.3 is 9.88 Å². The molecule has 0 aliphatic heterocycles. The molecule has 27 heavy (non-hydrogen) atoms. The summed E-state index contributed by atoms with van der Waals surface area (Å²) in [6, 6.07) is 10.7. The number of nitrogens with one attached hydrogen (secondary N) is 1. The number of aromatic nitrogens is 1. The number of amides is 1. The summed E-state index contributed by atoms with van der Waals surface area (Å²) in [5.41, 5.74) is 2.72. The molecule has 0 bridgehead atoms. The number of aryl methyl sites for hydroxylation is 1. The second-order valence-electron chi connectivity index (χ2n) is 7.33. The Morgan fingerprint density at radius 1 is 1.11 bits per heavy atom. The van der Waals surface area contributed by atoms with Crippen LogP contribution in [0.1, 0.15) is 59.9 Å². The summed E-state index contributed by atoms with van der Waals surface area (Å²) in [6.07, 6.45) is 6.08. The van der Waals surface area contributed by atoms with Crippen molar-refractivity contribution < 1.29 is 13.2 Å². The first-order valence-corrected chi connectivity index (χ1v) is 11.3. The van der Waals surface area contributed by atoms with Crippen molar-refractivity contribution in [2.24, 2.45) is 0 Å². The van der Waals surface area contributed by atoms with Gasteiger partial charge in [-0.3, -0.25) is 4.79 Å². The fourth-order valence-corrected chi connectivity index (χ4v) is 5.23. The third-order valence-electron chi connectivity index (χ3n) is 5.43. The first-order chi connectivity index (χ1) is 12.9. The lowest BCUT2D eigenvalue weighted by molar-refractivity contribution is 0.0955. The molecule has 0 saturated heterocycles. The quantitative estimate of drug-likeness (QED) is 0.818. The number of benzene rings is 1. The van der Waals surface area contributed by atoms with Gasteiger partial charge in [0.1, 0.15) is 0 Å². The molecule has 146 valence electrons. The van der Waals surface area contributed by atoms with Gasteiger partial charge in [0.2, 0.25) is 0 Å². The van der Waals surface area contributed by atoms with Crippen LogP contribution < -0.4 is 5.32 Å². The fraction of sp³-hybridized carbons (Fsp3) is 0.476. The van der Waals surface area contributed by atoms with Crippen LogP contribution in [0.25, 0.3) is 0 Å². The summed E-state index contributed by atoms with van der Waals surface area (Å²) in [6.45, 7) is 4.12. The van der Waals surface area contributed by atoms with Crippen LogP contribution in [0.3, 0.4) is 0 Å². The van der Waals surface area contributed by atoms with Gasteiger partial charge in [0, 0.05) is 24.0 Å². The number of hydrogen-bond donors (Lipinski definition) is 1. The van der Waals surface area contributed by atoms with Gasteiger partial charge in [-0.15, -0.1) is 0 Å². The SMILES string of the molecule is Cc1cc(C(=O)NCCS(=O)(=O)c2ccccc2)c(C)n1C1CCCCC1. The second kappa shape index (κ2) is 8.30. The van der Waals surface area contributed by atoms with Crippen molar-refractivity contribution in [1.82, 2.24) is 9.88 Å². The highest BCUT2D eigenvalue weighted by Crippen LogP contribution is 2.32. The van der Waals surface area contributed by atoms with E-state index < -0.39 is 9.84 Å². The van der Waals surface area contributed by atoms with Crippen LogP contribution in [0, 0.1) is 13.8 Å². The molecule has 1 amide bonds. The Balaban J connectivity index is 1.65. The molecule has 0 radical (unpaired) electrons. The van der Waals surface area contributed by atoms with Gasteiger partial charge in [0.05, 0.1) is 16.2 Å². The molecular weight excluding hydrogens is 360 g/mol. The van der Waals surface area contributed by atoms with Crippen molar-refractivity contribution in [2.75, 3.05) is 12.3 Å². The van der Waals surface area contributed by atoms with Crippen molar-refractivity contribution in [3.63, 3.8) is 0 Å². The average Bonchev–Trinajstić information content (AvgIpc) is 2.97. The van der Waals surface area contributed by atoms with E-state index in [0.29, 0.717) is 11.6 Å². The Morgan fingerprint density at radius 3 is 2.44 bits per heavy atom. The van der Waals surface area contributed by atoms with E-state index in [-0.39, 0.29) is 23.1 Å². The van der Waals surface area contributed by atoms with E-state index in [1.165, 1.54) is 19.3 Å². The van der Waals surface area contributed by atoms with Crippen LogP contribution >= 0.6 is 0 Å². The minimum absolute atomic E-state index is 0.100. The summed E-state index contributed by atoms with van der Waals surface area (Å²) >= 11 is 0. The standard InChI is InChI=1S/C21H28N2O3S/c1-16-15-20(17(2)23(16)18-9-5-3-6-10-18)21(24)22-13-14-27(25,26)19-11-7-4-8-12-19/h4,7-8,11-12,15,18H,3,5-6,9-10,13-14H2,1-2H3,(H,22,24). The van der Waals surface area contributed by atoms with Crippen LogP contribution in [0.2, 0.25) is 0 Å². The van der Waals surface area contributed by atoms with Gasteiger partial charge in [-0.05, 0) is 44.9 Å². The van der Waals surface area contributed by atoms with Crippen molar-refractivity contribution in [3.8, 4) is 0 Å². The molecule has 1 aromatic heterocycles. The zero-order chi connectivity index (χ0) is 19.4. The van der Waals surface area contributed by atoms with E-state index in [0.717, 1.165) is 24.2 Å². The largest absolute Gasteiger partial charge is 0.351 e. The topological polar surface area (TPSA) is 68.2 Å². The third kappa shape index (κ3) is 4.43. The lowest BCUT2D eigenvalue weighted by Crippen LogP contribution is -2.29. The summed E-state index contributed by atoms with van der Waals surface area (Å²) in [5.74, 6) is -0.308. The lowest BCUT2D eigenvalue weighted by Gasteiger charge is -2.26. The number of carbonyl (C=O) groups is 1. The van der Waals surface area contributed by atoms with Gasteiger partial charge in [0.15, 0.2) is 9.84 Å². The van der Waals surface area contributed by atoms with Gasteiger partial charge in [-0.2, -0.15) is 0 Å². The number of carbonyl (C=O) groups excluding carboxylic acids is 1. The third-order valence-corrected chi connectivity index (χ3v) is 7.16. The minimum atomic E-state index is -3.39. The second-order valence-corrected chi connectivity index (χ2v) is 9.44. The monoisotopic (exact) mass is 388 g/mol. The van der Waals surface area contributed by atoms with Gasteiger partial charge in [0.25, 0.3) is 5.91 Å². The smallest absolute Gasteiger partial charge is 0.253 e. The average molecular weight is 389 g/mol. The summed E-state index contributed by atoms with van der Waals surface area (Å²) in [7, 11) is -3.39. The normalized spacial score (nSPS) is 15.6. The van der Waals surface area contributed by atoms with Crippen LogP contribution in [0.15, 0.2) is 41.3 Å². The maximum Gasteiger partial charge on any atom is 0.253 e. The Kier molecular flexibility index (Phi) is 6.05. The molecule has 1 heterocycles. The molecule has 3 rings (SSSR count). The van der Waals surface area contributed by atoms with Crippen molar-refractivity contribution in [1.29, 1.82) is 0 Å². The Bertz CT molecular complexity index is 895. The lowest BCUT2D eigenvalue weighted by atomic mass is 9.95. The molecule has 2 aromatic rings. The molecule has 0 spiro atoms. The van der Waals surface area contributed by atoms with Crippen LogP contribution in [-0.2, 0) is 9.84 Å². The molecule has 1 saturated carbocycles. The predicted molar refractivity (Wildman–Crippen MR) is 107 cm³/mol. The van der Waals surface area contributed by atoms with Gasteiger partial charge >= 0.3 is 0 Å². The number of hydrogen-bond acceptors (Lipinski definition) is 3. The molecule has 1 aliphatic rings. The van der Waals surface area contributed by atoms with Crippen LogP contribution in [-0.4, -0.2) is 31.2 Å². The first kappa shape index (κ1) is 19.7. The molecule has 5 nitrogen and oxygen atoms in total. The molecule has 1 aromatic carbocycles. The Labute approximate surface area is 161 Å². The molecule has 1 aliphatic carbocycles. The van der Waals surface area contributed by atoms with Crippen molar-refractivity contribution in [2.45, 2.75) is 56.9 Å². The van der Waals surface area contributed by atoms with E-state index >= 15 is 0 Å². The molecule has 0 unspecified atom stereocenters. The number of rotatable bonds is 6. The van der Waals surface area contributed by atoms with Crippen molar-refractivity contribution >= 4 is 15.7 Å². The number of nitrogens with zero attached hydrogens (tertiary/aromatic N) is 1. The van der Waals surface area contributed by atoms with Crippen LogP contribution in [0.4, 0.5) is 0 Å². The fourth-order valence-electron chi connectivity index (χ4n) is 4.05. The van der Waals surface area contributed by atoms with E-state index in [2.05, 4.69) is 9.88 Å². The maximum atomic E-state index is 12.6. The minimum Gasteiger partial charge on any atom is -0.351 e. The van der Waals surface area contributed by atoms with Crippen LogP contribution in [0.5, 0.6) is 0 Å². The van der Waals surface area contributed by atoms with E-state index in [9.17, 15) is 13.2 Å². The van der Waals surface area contributed by atoms with E-state index in [1.54, 1.807) is 30.3 Å². The molecule has 6 heteroatoms. The zero-order valence-electron chi connectivity index (χ0n) is 16.1. The number of sulfone groups is 1. The highest BCUT2D eigenvalue weighted by atomic mass is 32.2. The highest BCUT2D eigenvalue weighted by Gasteiger charge is 2.23. The zero-order valence-corrected chi connectivity index (χ0v) is 16.9. The molecule has 0 atom stereocenters. The molecular formula is C21H28N2O3S. The Morgan fingerprint density at radius 2 is 1.78 bits per heavy atom. The highest BCUT2D eigenvalue weighted by molar-refractivity contribution is 7.91. The maximum absolute atomic E-state index is 12.6.